The SMILES string of the molecule is CN[C@@H](CCCCNC(=O)CC[C@H](CC(=O)CCCCCCCCCCCCCCCC(=O)c1cc(B(O)O)cc(B(O)O)c1)C(=O)O)C(C)=O. The third-order valence-corrected chi connectivity index (χ3v) is 9.38. The van der Waals surface area contributed by atoms with Gasteiger partial charge in [0.15, 0.2) is 5.78 Å². The monoisotopic (exact) mass is 716 g/mol. The number of unbranched alkanes of at least 4 members (excludes halogenated alkanes) is 13. The first-order valence-electron chi connectivity index (χ1n) is 18.9. The van der Waals surface area contributed by atoms with Crippen molar-refractivity contribution in [2.75, 3.05) is 13.6 Å². The normalized spacial score (nSPS) is 12.3. The van der Waals surface area contributed by atoms with Crippen molar-refractivity contribution in [2.24, 2.45) is 5.92 Å². The van der Waals surface area contributed by atoms with Gasteiger partial charge in [-0.1, -0.05) is 88.8 Å². The second-order valence-corrected chi connectivity index (χ2v) is 13.8. The minimum absolute atomic E-state index is 0.0409. The average Bonchev–Trinajstić information content (AvgIpc) is 3.09. The lowest BCUT2D eigenvalue weighted by atomic mass is 9.71. The van der Waals surface area contributed by atoms with E-state index in [-0.39, 0.29) is 65.1 Å². The molecule has 0 bridgehead atoms. The van der Waals surface area contributed by atoms with Gasteiger partial charge in [0.1, 0.15) is 11.6 Å². The number of carbonyl (C=O) groups is 5. The van der Waals surface area contributed by atoms with Crippen molar-refractivity contribution in [3.63, 3.8) is 0 Å². The number of ketones is 3. The van der Waals surface area contributed by atoms with E-state index < -0.39 is 26.1 Å². The number of benzene rings is 1. The van der Waals surface area contributed by atoms with Gasteiger partial charge in [-0.05, 0) is 63.4 Å². The summed E-state index contributed by atoms with van der Waals surface area (Å²) in [5.74, 6) is -2.26. The highest BCUT2D eigenvalue weighted by molar-refractivity contribution is 6.62. The van der Waals surface area contributed by atoms with Crippen molar-refractivity contribution in [2.45, 2.75) is 148 Å². The van der Waals surface area contributed by atoms with Gasteiger partial charge in [-0.3, -0.25) is 24.0 Å². The van der Waals surface area contributed by atoms with Gasteiger partial charge in [-0.2, -0.15) is 0 Å². The van der Waals surface area contributed by atoms with Crippen LogP contribution in [0.1, 0.15) is 152 Å². The summed E-state index contributed by atoms with van der Waals surface area (Å²) in [6.07, 6.45) is 16.5. The summed E-state index contributed by atoms with van der Waals surface area (Å²) in [6.45, 7) is 2.02. The average molecular weight is 717 g/mol. The fourth-order valence-electron chi connectivity index (χ4n) is 6.17. The summed E-state index contributed by atoms with van der Waals surface area (Å²) in [5, 5.41) is 52.9. The molecular formula is C37H62B2N2O10. The van der Waals surface area contributed by atoms with E-state index in [0.29, 0.717) is 25.8 Å². The van der Waals surface area contributed by atoms with Crippen molar-refractivity contribution < 1.29 is 49.2 Å². The highest BCUT2D eigenvalue weighted by Gasteiger charge is 2.23. The summed E-state index contributed by atoms with van der Waals surface area (Å²) < 4.78 is 0. The molecule has 0 spiro atoms. The second kappa shape index (κ2) is 27.7. The Hall–Kier alpha value is -2.90. The van der Waals surface area contributed by atoms with E-state index in [1.165, 1.54) is 37.5 Å². The second-order valence-electron chi connectivity index (χ2n) is 13.8. The van der Waals surface area contributed by atoms with Crippen LogP contribution in [0.4, 0.5) is 0 Å². The number of carbonyl (C=O) groups excluding carboxylic acids is 4. The molecule has 7 N–H and O–H groups in total. The predicted octanol–water partition coefficient (Wildman–Crippen LogP) is 2.98. The van der Waals surface area contributed by atoms with E-state index in [9.17, 15) is 49.2 Å². The van der Waals surface area contributed by atoms with Gasteiger partial charge in [0, 0.05) is 37.8 Å². The molecule has 0 radical (unpaired) electrons. The van der Waals surface area contributed by atoms with Gasteiger partial charge in [-0.25, -0.2) is 0 Å². The van der Waals surface area contributed by atoms with E-state index in [0.717, 1.165) is 77.0 Å². The molecule has 0 aliphatic carbocycles. The maximum Gasteiger partial charge on any atom is 0.488 e. The minimum atomic E-state index is -1.80. The van der Waals surface area contributed by atoms with Gasteiger partial charge >= 0.3 is 20.2 Å². The number of nitrogens with one attached hydrogen (secondary N) is 2. The minimum Gasteiger partial charge on any atom is -0.481 e. The van der Waals surface area contributed by atoms with E-state index in [1.807, 2.05) is 0 Å². The number of hydrogen-bond acceptors (Lipinski definition) is 10. The largest absolute Gasteiger partial charge is 0.488 e. The van der Waals surface area contributed by atoms with E-state index >= 15 is 0 Å². The zero-order chi connectivity index (χ0) is 38.0. The van der Waals surface area contributed by atoms with Crippen LogP contribution in [0.2, 0.25) is 0 Å². The van der Waals surface area contributed by atoms with E-state index in [1.54, 1.807) is 14.0 Å². The van der Waals surface area contributed by atoms with Crippen LogP contribution in [-0.4, -0.2) is 88.3 Å². The Morgan fingerprint density at radius 3 is 1.59 bits per heavy atom. The molecule has 51 heavy (non-hydrogen) atoms. The third kappa shape index (κ3) is 21.9. The van der Waals surface area contributed by atoms with Crippen LogP contribution in [0, 0.1) is 5.92 Å². The fraction of sp³-hybridized carbons (Fsp3) is 0.703. The van der Waals surface area contributed by atoms with Gasteiger partial charge in [0.2, 0.25) is 5.91 Å². The van der Waals surface area contributed by atoms with Crippen molar-refractivity contribution >= 4 is 54.4 Å². The Balaban J connectivity index is 2.04. The number of carboxylic acids is 1. The van der Waals surface area contributed by atoms with Crippen LogP contribution in [0.5, 0.6) is 0 Å². The molecule has 1 amide bonds. The van der Waals surface area contributed by atoms with E-state index in [2.05, 4.69) is 10.6 Å². The van der Waals surface area contributed by atoms with E-state index in [4.69, 9.17) is 0 Å². The van der Waals surface area contributed by atoms with Crippen LogP contribution in [0.25, 0.3) is 0 Å². The number of aliphatic carboxylic acids is 1. The molecule has 286 valence electrons. The number of likely N-dealkylation sites (N-methyl/N-ethyl adjacent to an activating group) is 1. The molecule has 1 aromatic carbocycles. The van der Waals surface area contributed by atoms with Gasteiger partial charge in [-0.15, -0.1) is 0 Å². The molecule has 0 unspecified atom stereocenters. The number of carboxylic acid groups (broad SMARTS) is 1. The number of hydrogen-bond donors (Lipinski definition) is 7. The number of amides is 1. The quantitative estimate of drug-likeness (QED) is 0.0327. The molecule has 0 heterocycles. The van der Waals surface area contributed by atoms with Crippen LogP contribution >= 0.6 is 0 Å². The first-order chi connectivity index (χ1) is 24.3. The van der Waals surface area contributed by atoms with Crippen molar-refractivity contribution in [3.8, 4) is 0 Å². The third-order valence-electron chi connectivity index (χ3n) is 9.38. The number of Topliss-reactive ketones (excluding diaryl/α,β-unsaturated/α-hetero) is 3. The standard InChI is InChI=1S/C37H62B2N2O10/c1-28(42)34(40-2)19-16-17-23-41-36(45)22-21-29(37(46)47)26-33(43)18-14-12-10-8-6-4-3-5-7-9-11-13-15-20-35(44)30-24-31(38(48)49)27-32(25-30)39(50)51/h24-25,27,29,34,40,48-51H,3-23,26H2,1-2H3,(H,41,45)(H,46,47)/t29-,34+/m1/s1. The van der Waals surface area contributed by atoms with Crippen LogP contribution < -0.4 is 21.6 Å². The lowest BCUT2D eigenvalue weighted by Gasteiger charge is -2.13. The van der Waals surface area contributed by atoms with Crippen LogP contribution in [0.15, 0.2) is 18.2 Å². The van der Waals surface area contributed by atoms with Gasteiger partial charge < -0.3 is 35.8 Å². The van der Waals surface area contributed by atoms with Gasteiger partial charge in [0.25, 0.3) is 0 Å². The first-order valence-corrected chi connectivity index (χ1v) is 18.9. The zero-order valence-corrected chi connectivity index (χ0v) is 30.9. The lowest BCUT2D eigenvalue weighted by molar-refractivity contribution is -0.144. The maximum absolute atomic E-state index is 12.5. The highest BCUT2D eigenvalue weighted by atomic mass is 16.4. The summed E-state index contributed by atoms with van der Waals surface area (Å²) in [7, 11) is -1.86. The number of rotatable bonds is 32. The van der Waals surface area contributed by atoms with Gasteiger partial charge in [0.05, 0.1) is 12.0 Å². The molecule has 14 heteroatoms. The molecule has 0 saturated carbocycles. The first kappa shape index (κ1) is 46.1. The summed E-state index contributed by atoms with van der Waals surface area (Å²) >= 11 is 0. The molecular weight excluding hydrogens is 654 g/mol. The molecule has 1 aromatic rings. The highest BCUT2D eigenvalue weighted by Crippen LogP contribution is 2.17. The smallest absolute Gasteiger partial charge is 0.481 e. The predicted molar refractivity (Wildman–Crippen MR) is 200 cm³/mol. The maximum atomic E-state index is 12.5. The fourth-order valence-corrected chi connectivity index (χ4v) is 6.17. The summed E-state index contributed by atoms with van der Waals surface area (Å²) in [6, 6.07) is 3.82. The van der Waals surface area contributed by atoms with Crippen molar-refractivity contribution in [1.82, 2.24) is 10.6 Å². The Labute approximate surface area is 304 Å². The topological polar surface area (TPSA) is 211 Å². The Kier molecular flexibility index (Phi) is 25.1. The molecule has 0 aromatic heterocycles. The molecule has 0 aliphatic heterocycles. The molecule has 0 fully saturated rings. The summed E-state index contributed by atoms with van der Waals surface area (Å²) in [4.78, 5) is 60.2. The Morgan fingerprint density at radius 2 is 1.14 bits per heavy atom. The van der Waals surface area contributed by atoms with Crippen molar-refractivity contribution in [3.05, 3.63) is 23.8 Å². The molecule has 1 rings (SSSR count). The Morgan fingerprint density at radius 1 is 0.647 bits per heavy atom. The molecule has 0 saturated heterocycles. The van der Waals surface area contributed by atoms with Crippen LogP contribution in [-0.2, 0) is 19.2 Å². The lowest BCUT2D eigenvalue weighted by Crippen LogP contribution is -2.39. The van der Waals surface area contributed by atoms with Crippen LogP contribution in [0.3, 0.4) is 0 Å². The summed E-state index contributed by atoms with van der Waals surface area (Å²) in [5.41, 5.74) is 0.336. The molecule has 12 nitrogen and oxygen atoms in total. The molecule has 0 aliphatic rings. The molecule has 2 atom stereocenters. The Bertz CT molecular complexity index is 1170. The zero-order valence-electron chi connectivity index (χ0n) is 30.9. The van der Waals surface area contributed by atoms with Crippen molar-refractivity contribution in [1.29, 1.82) is 0 Å².